The third-order valence-electron chi connectivity index (χ3n) is 0.964. The summed E-state index contributed by atoms with van der Waals surface area (Å²) in [7, 11) is 0. The second-order valence-corrected chi connectivity index (χ2v) is 2.79. The van der Waals surface area contributed by atoms with Gasteiger partial charge in [-0.1, -0.05) is 0 Å². The van der Waals surface area contributed by atoms with Gasteiger partial charge in [-0.15, -0.1) is 0 Å². The molecule has 0 aliphatic rings. The summed E-state index contributed by atoms with van der Waals surface area (Å²) in [4.78, 5) is 0. The fraction of sp³-hybridized carbons (Fsp3) is 0.667. The predicted octanol–water partition coefficient (Wildman–Crippen LogP) is -0.131. The minimum absolute atomic E-state index is 0.540. The SMILES string of the molecule is CCNC(=S)NNC(=S)NCC. The Morgan fingerprint density at radius 1 is 0.917 bits per heavy atom. The van der Waals surface area contributed by atoms with Crippen LogP contribution in [-0.2, 0) is 0 Å². The first-order valence-electron chi connectivity index (χ1n) is 3.78. The van der Waals surface area contributed by atoms with E-state index < -0.39 is 0 Å². The van der Waals surface area contributed by atoms with Crippen LogP contribution in [0.4, 0.5) is 0 Å². The van der Waals surface area contributed by atoms with Gasteiger partial charge >= 0.3 is 0 Å². The Hall–Kier alpha value is -0.620. The van der Waals surface area contributed by atoms with Gasteiger partial charge in [-0.2, -0.15) is 0 Å². The van der Waals surface area contributed by atoms with Crippen molar-refractivity contribution < 1.29 is 0 Å². The van der Waals surface area contributed by atoms with E-state index >= 15 is 0 Å². The number of hydrogen-bond acceptors (Lipinski definition) is 2. The fourth-order valence-electron chi connectivity index (χ4n) is 0.523. The number of nitrogens with one attached hydrogen (secondary N) is 4. The summed E-state index contributed by atoms with van der Waals surface area (Å²) in [5.41, 5.74) is 5.47. The van der Waals surface area contributed by atoms with E-state index in [-0.39, 0.29) is 0 Å². The Kier molecular flexibility index (Phi) is 6.69. The van der Waals surface area contributed by atoms with Crippen molar-refractivity contribution in [3.8, 4) is 0 Å². The van der Waals surface area contributed by atoms with Gasteiger partial charge in [0.05, 0.1) is 0 Å². The van der Waals surface area contributed by atoms with Gasteiger partial charge in [-0.25, -0.2) is 0 Å². The average Bonchev–Trinajstić information content (AvgIpc) is 2.02. The third kappa shape index (κ3) is 6.11. The van der Waals surface area contributed by atoms with Gasteiger partial charge in [-0.05, 0) is 38.3 Å². The third-order valence-corrected chi connectivity index (χ3v) is 1.46. The van der Waals surface area contributed by atoms with Gasteiger partial charge in [0.15, 0.2) is 10.2 Å². The first kappa shape index (κ1) is 11.4. The van der Waals surface area contributed by atoms with E-state index in [2.05, 4.69) is 21.5 Å². The summed E-state index contributed by atoms with van der Waals surface area (Å²) < 4.78 is 0. The lowest BCUT2D eigenvalue weighted by Gasteiger charge is -2.12. The molecule has 0 saturated heterocycles. The second kappa shape index (κ2) is 7.05. The van der Waals surface area contributed by atoms with Crippen molar-refractivity contribution in [2.45, 2.75) is 13.8 Å². The molecule has 0 aliphatic heterocycles. The topological polar surface area (TPSA) is 48.1 Å². The zero-order valence-electron chi connectivity index (χ0n) is 7.23. The van der Waals surface area contributed by atoms with Crippen LogP contribution in [0.2, 0.25) is 0 Å². The van der Waals surface area contributed by atoms with Crippen LogP contribution in [0.25, 0.3) is 0 Å². The molecule has 12 heavy (non-hydrogen) atoms. The van der Waals surface area contributed by atoms with Crippen molar-refractivity contribution in [2.24, 2.45) is 0 Å². The molecule has 6 heteroatoms. The zero-order chi connectivity index (χ0) is 9.40. The smallest absolute Gasteiger partial charge is 0.185 e. The first-order chi connectivity index (χ1) is 5.70. The van der Waals surface area contributed by atoms with Gasteiger partial charge in [-0.3, -0.25) is 10.9 Å². The molecule has 70 valence electrons. The maximum atomic E-state index is 4.88. The molecule has 4 nitrogen and oxygen atoms in total. The largest absolute Gasteiger partial charge is 0.362 e. The maximum Gasteiger partial charge on any atom is 0.185 e. The molecule has 4 N–H and O–H groups in total. The van der Waals surface area contributed by atoms with Gasteiger partial charge in [0.1, 0.15) is 0 Å². The van der Waals surface area contributed by atoms with E-state index in [9.17, 15) is 0 Å². The molecule has 0 radical (unpaired) electrons. The van der Waals surface area contributed by atoms with E-state index in [0.29, 0.717) is 10.2 Å². The quantitative estimate of drug-likeness (QED) is 0.373. The van der Waals surface area contributed by atoms with Crippen LogP contribution in [-0.4, -0.2) is 23.3 Å². The lowest BCUT2D eigenvalue weighted by Crippen LogP contribution is -2.50. The highest BCUT2D eigenvalue weighted by molar-refractivity contribution is 7.80. The average molecular weight is 206 g/mol. The Morgan fingerprint density at radius 2 is 1.25 bits per heavy atom. The standard InChI is InChI=1S/C6H14N4S2/c1-3-7-5(11)9-10-6(12)8-4-2/h3-4H2,1-2H3,(H2,7,9,11)(H2,8,10,12). The molecule has 0 rings (SSSR count). The zero-order valence-corrected chi connectivity index (χ0v) is 8.86. The van der Waals surface area contributed by atoms with E-state index in [1.54, 1.807) is 0 Å². The van der Waals surface area contributed by atoms with E-state index in [1.807, 2.05) is 13.8 Å². The highest BCUT2D eigenvalue weighted by Gasteiger charge is 1.93. The molecular weight excluding hydrogens is 192 g/mol. The molecule has 0 amide bonds. The normalized spacial score (nSPS) is 8.50. The van der Waals surface area contributed by atoms with Crippen molar-refractivity contribution >= 4 is 34.7 Å². The van der Waals surface area contributed by atoms with Crippen LogP contribution in [0.15, 0.2) is 0 Å². The van der Waals surface area contributed by atoms with Crippen LogP contribution in [0, 0.1) is 0 Å². The molecular formula is C6H14N4S2. The van der Waals surface area contributed by atoms with Crippen LogP contribution in [0.1, 0.15) is 13.8 Å². The lowest BCUT2D eigenvalue weighted by molar-refractivity contribution is 0.792. The molecule has 0 bridgehead atoms. The molecule has 0 saturated carbocycles. The molecule has 0 unspecified atom stereocenters. The Labute approximate surface area is 83.5 Å². The van der Waals surface area contributed by atoms with Gasteiger partial charge in [0.2, 0.25) is 0 Å². The van der Waals surface area contributed by atoms with E-state index in [4.69, 9.17) is 24.4 Å². The molecule has 0 atom stereocenters. The molecule has 0 heterocycles. The number of rotatable bonds is 2. The monoisotopic (exact) mass is 206 g/mol. The van der Waals surface area contributed by atoms with Gasteiger partial charge in [0, 0.05) is 13.1 Å². The van der Waals surface area contributed by atoms with Crippen molar-refractivity contribution in [1.29, 1.82) is 0 Å². The van der Waals surface area contributed by atoms with Crippen LogP contribution >= 0.6 is 24.4 Å². The summed E-state index contributed by atoms with van der Waals surface area (Å²) >= 11 is 9.77. The second-order valence-electron chi connectivity index (χ2n) is 1.97. The van der Waals surface area contributed by atoms with Crippen molar-refractivity contribution in [3.05, 3.63) is 0 Å². The predicted molar refractivity (Wildman–Crippen MR) is 58.8 cm³/mol. The van der Waals surface area contributed by atoms with Crippen molar-refractivity contribution in [1.82, 2.24) is 21.5 Å². The number of thiocarbonyl (C=S) groups is 2. The highest BCUT2D eigenvalue weighted by Crippen LogP contribution is 1.65. The molecule has 0 aromatic rings. The summed E-state index contributed by atoms with van der Waals surface area (Å²) in [6.07, 6.45) is 0. The van der Waals surface area contributed by atoms with Gasteiger partial charge < -0.3 is 10.6 Å². The number of hydrogen-bond donors (Lipinski definition) is 4. The Balaban J connectivity index is 3.40. The Morgan fingerprint density at radius 3 is 1.50 bits per heavy atom. The molecule has 0 aromatic carbocycles. The molecule has 0 fully saturated rings. The van der Waals surface area contributed by atoms with Crippen LogP contribution < -0.4 is 21.5 Å². The minimum Gasteiger partial charge on any atom is -0.362 e. The highest BCUT2D eigenvalue weighted by atomic mass is 32.1. The summed E-state index contributed by atoms with van der Waals surface area (Å²) in [6.45, 7) is 5.52. The molecule has 0 aliphatic carbocycles. The summed E-state index contributed by atoms with van der Waals surface area (Å²) in [5.74, 6) is 0. The fourth-order valence-corrected chi connectivity index (χ4v) is 0.914. The molecule has 0 spiro atoms. The van der Waals surface area contributed by atoms with E-state index in [0.717, 1.165) is 13.1 Å². The van der Waals surface area contributed by atoms with Gasteiger partial charge in [0.25, 0.3) is 0 Å². The van der Waals surface area contributed by atoms with Crippen LogP contribution in [0.5, 0.6) is 0 Å². The van der Waals surface area contributed by atoms with E-state index in [1.165, 1.54) is 0 Å². The van der Waals surface area contributed by atoms with Crippen LogP contribution in [0.3, 0.4) is 0 Å². The minimum atomic E-state index is 0.540. The maximum absolute atomic E-state index is 4.88. The molecule has 0 aromatic heterocycles. The summed E-state index contributed by atoms with van der Waals surface area (Å²) in [5, 5.41) is 6.91. The first-order valence-corrected chi connectivity index (χ1v) is 4.60. The number of hydrazine groups is 1. The van der Waals surface area contributed by atoms with Crippen molar-refractivity contribution in [2.75, 3.05) is 13.1 Å². The van der Waals surface area contributed by atoms with Crippen molar-refractivity contribution in [3.63, 3.8) is 0 Å². The summed E-state index contributed by atoms with van der Waals surface area (Å²) in [6, 6.07) is 0. The Bertz CT molecular complexity index is 142. The lowest BCUT2D eigenvalue weighted by atomic mass is 10.7.